The van der Waals surface area contributed by atoms with E-state index in [1.165, 1.54) is 20.3 Å². The van der Waals surface area contributed by atoms with Crippen LogP contribution in [-0.2, 0) is 16.1 Å². The van der Waals surface area contributed by atoms with E-state index in [2.05, 4.69) is 4.98 Å². The monoisotopic (exact) mass is 341 g/mol. The number of methoxy groups -OCH3 is 2. The van der Waals surface area contributed by atoms with Gasteiger partial charge in [0.05, 0.1) is 25.5 Å². The maximum atomic E-state index is 12.1. The molecule has 0 unspecified atom stereocenters. The van der Waals surface area contributed by atoms with E-state index in [0.717, 1.165) is 18.4 Å². The molecule has 130 valence electrons. The zero-order valence-electron chi connectivity index (χ0n) is 14.2. The number of hydrogen-bond acceptors (Lipinski definition) is 6. The molecule has 0 N–H and O–H groups in total. The third-order valence-electron chi connectivity index (χ3n) is 4.01. The molecule has 1 aliphatic rings. The minimum atomic E-state index is -0.608. The van der Waals surface area contributed by atoms with E-state index in [0.29, 0.717) is 5.69 Å². The molecule has 0 atom stereocenters. The number of nitrogens with zero attached hydrogens (tertiary/aromatic N) is 1. The lowest BCUT2D eigenvalue weighted by atomic mass is 10.1. The van der Waals surface area contributed by atoms with E-state index in [1.807, 2.05) is 30.3 Å². The Morgan fingerprint density at radius 3 is 2.28 bits per heavy atom. The lowest BCUT2D eigenvalue weighted by Crippen LogP contribution is -2.14. The predicted octanol–water partition coefficient (Wildman–Crippen LogP) is 3.11. The molecule has 3 rings (SSSR count). The van der Waals surface area contributed by atoms with Crippen LogP contribution in [0.5, 0.6) is 5.88 Å². The summed E-state index contributed by atoms with van der Waals surface area (Å²) in [7, 11) is 2.58. The van der Waals surface area contributed by atoms with Crippen LogP contribution in [0.25, 0.3) is 0 Å². The van der Waals surface area contributed by atoms with Crippen LogP contribution in [0.4, 0.5) is 0 Å². The molecule has 1 heterocycles. The molecule has 6 heteroatoms. The van der Waals surface area contributed by atoms with Crippen molar-refractivity contribution in [3.05, 3.63) is 58.8 Å². The zero-order valence-corrected chi connectivity index (χ0v) is 14.2. The van der Waals surface area contributed by atoms with E-state index < -0.39 is 11.9 Å². The molecule has 6 nitrogen and oxygen atoms in total. The second-order valence-corrected chi connectivity index (χ2v) is 5.81. The van der Waals surface area contributed by atoms with E-state index in [4.69, 9.17) is 14.2 Å². The van der Waals surface area contributed by atoms with E-state index in [9.17, 15) is 9.59 Å². The van der Waals surface area contributed by atoms with Gasteiger partial charge in [-0.25, -0.2) is 14.6 Å². The van der Waals surface area contributed by atoms with Gasteiger partial charge >= 0.3 is 11.9 Å². The maximum absolute atomic E-state index is 12.1. The van der Waals surface area contributed by atoms with Gasteiger partial charge in [-0.2, -0.15) is 0 Å². The number of esters is 2. The Kier molecular flexibility index (Phi) is 4.97. The van der Waals surface area contributed by atoms with E-state index in [1.54, 1.807) is 0 Å². The van der Waals surface area contributed by atoms with Gasteiger partial charge in [0, 0.05) is 5.92 Å². The Morgan fingerprint density at radius 1 is 1.04 bits per heavy atom. The van der Waals surface area contributed by atoms with Gasteiger partial charge in [0.15, 0.2) is 0 Å². The number of ether oxygens (including phenoxy) is 3. The summed E-state index contributed by atoms with van der Waals surface area (Å²) in [5.74, 6) is -0.762. The predicted molar refractivity (Wildman–Crippen MR) is 89.7 cm³/mol. The average Bonchev–Trinajstić information content (AvgIpc) is 3.50. The second-order valence-electron chi connectivity index (χ2n) is 5.81. The quantitative estimate of drug-likeness (QED) is 0.752. The molecule has 1 saturated carbocycles. The van der Waals surface area contributed by atoms with Crippen LogP contribution in [0.3, 0.4) is 0 Å². The van der Waals surface area contributed by atoms with Gasteiger partial charge in [0.2, 0.25) is 5.88 Å². The van der Waals surface area contributed by atoms with Gasteiger partial charge in [0.1, 0.15) is 12.2 Å². The Morgan fingerprint density at radius 2 is 1.68 bits per heavy atom. The first kappa shape index (κ1) is 17.0. The van der Waals surface area contributed by atoms with Crippen LogP contribution in [0, 0.1) is 0 Å². The fourth-order valence-electron chi connectivity index (χ4n) is 2.54. The number of benzene rings is 1. The molecule has 1 aromatic heterocycles. The van der Waals surface area contributed by atoms with Crippen LogP contribution >= 0.6 is 0 Å². The highest BCUT2D eigenvalue weighted by Crippen LogP contribution is 2.42. The van der Waals surface area contributed by atoms with Crippen molar-refractivity contribution in [2.75, 3.05) is 14.2 Å². The maximum Gasteiger partial charge on any atom is 0.343 e. The number of pyridine rings is 1. The largest absolute Gasteiger partial charge is 0.472 e. The van der Waals surface area contributed by atoms with Crippen LogP contribution in [-0.4, -0.2) is 31.1 Å². The molecule has 1 fully saturated rings. The summed E-state index contributed by atoms with van der Waals surface area (Å²) in [6.07, 6.45) is 1.90. The third kappa shape index (κ3) is 3.79. The highest BCUT2D eigenvalue weighted by Gasteiger charge is 2.33. The summed E-state index contributed by atoms with van der Waals surface area (Å²) in [5.41, 5.74) is 1.97. The first-order chi connectivity index (χ1) is 12.1. The lowest BCUT2D eigenvalue weighted by Gasteiger charge is -2.14. The molecule has 1 aromatic carbocycles. The van der Waals surface area contributed by atoms with Crippen molar-refractivity contribution in [1.82, 2.24) is 4.98 Å². The van der Waals surface area contributed by atoms with Gasteiger partial charge < -0.3 is 14.2 Å². The van der Waals surface area contributed by atoms with Crippen molar-refractivity contribution >= 4 is 11.9 Å². The molecule has 0 amide bonds. The number of rotatable bonds is 6. The molecular weight excluding hydrogens is 322 g/mol. The molecule has 2 aromatic rings. The average molecular weight is 341 g/mol. The zero-order chi connectivity index (χ0) is 17.8. The van der Waals surface area contributed by atoms with Gasteiger partial charge in [-0.3, -0.25) is 0 Å². The SMILES string of the molecule is COC(=O)c1cc(C(=O)OC)c(C2CC2)nc1OCc1ccccc1. The number of carbonyl (C=O) groups is 2. The number of carbonyl (C=O) groups excluding carboxylic acids is 2. The highest BCUT2D eigenvalue weighted by atomic mass is 16.5. The Balaban J connectivity index is 1.98. The fraction of sp³-hybridized carbons (Fsp3) is 0.316. The molecule has 0 spiro atoms. The molecule has 25 heavy (non-hydrogen) atoms. The normalized spacial score (nSPS) is 13.2. The summed E-state index contributed by atoms with van der Waals surface area (Å²) in [6.45, 7) is 0.263. The highest BCUT2D eigenvalue weighted by molar-refractivity contribution is 5.97. The third-order valence-corrected chi connectivity index (χ3v) is 4.01. The van der Waals surface area contributed by atoms with E-state index in [-0.39, 0.29) is 29.5 Å². The van der Waals surface area contributed by atoms with Crippen LogP contribution in [0.1, 0.15) is 50.7 Å². The van der Waals surface area contributed by atoms with Crippen molar-refractivity contribution in [3.63, 3.8) is 0 Å². The summed E-state index contributed by atoms with van der Waals surface area (Å²) >= 11 is 0. The molecule has 0 saturated heterocycles. The molecule has 1 aliphatic carbocycles. The fourth-order valence-corrected chi connectivity index (χ4v) is 2.54. The minimum Gasteiger partial charge on any atom is -0.472 e. The molecule has 0 bridgehead atoms. The lowest BCUT2D eigenvalue weighted by molar-refractivity contribution is 0.0592. The van der Waals surface area contributed by atoms with Crippen molar-refractivity contribution in [1.29, 1.82) is 0 Å². The van der Waals surface area contributed by atoms with Crippen LogP contribution in [0.15, 0.2) is 36.4 Å². The van der Waals surface area contributed by atoms with Crippen molar-refractivity contribution in [2.45, 2.75) is 25.4 Å². The topological polar surface area (TPSA) is 74.7 Å². The smallest absolute Gasteiger partial charge is 0.343 e. The minimum absolute atomic E-state index is 0.114. The van der Waals surface area contributed by atoms with Crippen molar-refractivity contribution in [3.8, 4) is 5.88 Å². The first-order valence-electron chi connectivity index (χ1n) is 8.02. The Labute approximate surface area is 145 Å². The van der Waals surface area contributed by atoms with Crippen LogP contribution < -0.4 is 4.74 Å². The van der Waals surface area contributed by atoms with Crippen molar-refractivity contribution in [2.24, 2.45) is 0 Å². The first-order valence-corrected chi connectivity index (χ1v) is 8.02. The Bertz CT molecular complexity index is 784. The summed E-state index contributed by atoms with van der Waals surface area (Å²) in [6, 6.07) is 11.0. The molecular formula is C19H19NO5. The summed E-state index contributed by atoms with van der Waals surface area (Å²) < 4.78 is 15.4. The second kappa shape index (κ2) is 7.34. The number of hydrogen-bond donors (Lipinski definition) is 0. The standard InChI is InChI=1S/C19H19NO5/c1-23-18(21)14-10-15(19(22)24-2)17(20-16(14)13-8-9-13)25-11-12-6-4-3-5-7-12/h3-7,10,13H,8-9,11H2,1-2H3. The summed E-state index contributed by atoms with van der Waals surface area (Å²) in [4.78, 5) is 28.6. The van der Waals surface area contributed by atoms with E-state index >= 15 is 0 Å². The molecule has 0 radical (unpaired) electrons. The summed E-state index contributed by atoms with van der Waals surface area (Å²) in [5, 5.41) is 0. The Hall–Kier alpha value is -2.89. The van der Waals surface area contributed by atoms with Crippen LogP contribution in [0.2, 0.25) is 0 Å². The van der Waals surface area contributed by atoms with Crippen molar-refractivity contribution < 1.29 is 23.8 Å². The van der Waals surface area contributed by atoms with Gasteiger partial charge in [-0.05, 0) is 24.5 Å². The van der Waals surface area contributed by atoms with Gasteiger partial charge in [-0.15, -0.1) is 0 Å². The van der Waals surface area contributed by atoms with Gasteiger partial charge in [0.25, 0.3) is 0 Å². The molecule has 0 aliphatic heterocycles. The number of aromatic nitrogens is 1. The van der Waals surface area contributed by atoms with Gasteiger partial charge in [-0.1, -0.05) is 30.3 Å².